The first kappa shape index (κ1) is 13.7. The van der Waals surface area contributed by atoms with Gasteiger partial charge in [0, 0.05) is 35.6 Å². The molecule has 100 valence electrons. The Kier molecular flexibility index (Phi) is 3.96. The second-order valence-electron chi connectivity index (χ2n) is 4.65. The van der Waals surface area contributed by atoms with E-state index in [0.717, 1.165) is 5.56 Å². The van der Waals surface area contributed by atoms with Crippen LogP contribution in [-0.2, 0) is 13.6 Å². The van der Waals surface area contributed by atoms with Crippen LogP contribution in [0.2, 0.25) is 5.02 Å². The van der Waals surface area contributed by atoms with Crippen LogP contribution < -0.4 is 5.32 Å². The Morgan fingerprint density at radius 3 is 2.63 bits per heavy atom. The van der Waals surface area contributed by atoms with Gasteiger partial charge in [-0.2, -0.15) is 0 Å². The van der Waals surface area contributed by atoms with E-state index in [1.54, 1.807) is 24.3 Å². The van der Waals surface area contributed by atoms with Crippen LogP contribution in [0.15, 0.2) is 30.3 Å². The highest BCUT2D eigenvalue weighted by Gasteiger charge is 2.09. The fourth-order valence-electron chi connectivity index (χ4n) is 2.02. The molecule has 0 aliphatic carbocycles. The topological polar surface area (TPSA) is 34.0 Å². The van der Waals surface area contributed by atoms with Crippen molar-refractivity contribution in [3.63, 3.8) is 0 Å². The second-order valence-corrected chi connectivity index (χ2v) is 5.08. The highest BCUT2D eigenvalue weighted by atomic mass is 35.5. The molecule has 1 N–H and O–H groups in total. The minimum atomic E-state index is -0.108. The molecule has 0 saturated heterocycles. The Bertz CT molecular complexity index is 617. The third-order valence-corrected chi connectivity index (χ3v) is 3.64. The van der Waals surface area contributed by atoms with E-state index in [1.165, 1.54) is 11.4 Å². The lowest BCUT2D eigenvalue weighted by Gasteiger charge is -2.06. The van der Waals surface area contributed by atoms with Crippen molar-refractivity contribution >= 4 is 17.5 Å². The fourth-order valence-corrected chi connectivity index (χ4v) is 2.21. The average Bonchev–Trinajstić information content (AvgIpc) is 2.63. The van der Waals surface area contributed by atoms with Crippen molar-refractivity contribution in [2.24, 2.45) is 7.05 Å². The summed E-state index contributed by atoms with van der Waals surface area (Å²) in [5.74, 6) is -0.108. The molecule has 0 aliphatic heterocycles. The first-order valence-corrected chi connectivity index (χ1v) is 6.52. The Labute approximate surface area is 118 Å². The van der Waals surface area contributed by atoms with E-state index >= 15 is 0 Å². The minimum absolute atomic E-state index is 0.108. The van der Waals surface area contributed by atoms with Crippen LogP contribution in [0.5, 0.6) is 0 Å². The molecule has 4 heteroatoms. The monoisotopic (exact) mass is 276 g/mol. The van der Waals surface area contributed by atoms with Gasteiger partial charge < -0.3 is 9.88 Å². The van der Waals surface area contributed by atoms with Gasteiger partial charge in [-0.05, 0) is 43.7 Å². The van der Waals surface area contributed by atoms with Crippen LogP contribution in [0.4, 0.5) is 0 Å². The molecule has 3 nitrogen and oxygen atoms in total. The highest BCUT2D eigenvalue weighted by molar-refractivity contribution is 6.30. The number of carbonyl (C=O) groups excluding carboxylic acids is 1. The zero-order valence-electron chi connectivity index (χ0n) is 11.3. The first-order chi connectivity index (χ1) is 8.99. The van der Waals surface area contributed by atoms with Gasteiger partial charge in [-0.3, -0.25) is 4.79 Å². The molecular weight excluding hydrogens is 260 g/mol. The molecule has 0 fully saturated rings. The second kappa shape index (κ2) is 5.49. The maximum absolute atomic E-state index is 12.0. The minimum Gasteiger partial charge on any atom is -0.352 e. The third kappa shape index (κ3) is 2.99. The SMILES string of the molecule is Cc1cc(CNC(=O)c2cccc(Cl)c2)c(C)n1C. The summed E-state index contributed by atoms with van der Waals surface area (Å²) in [6.07, 6.45) is 0. The van der Waals surface area contributed by atoms with E-state index < -0.39 is 0 Å². The summed E-state index contributed by atoms with van der Waals surface area (Å²) in [6.45, 7) is 4.63. The van der Waals surface area contributed by atoms with Gasteiger partial charge in [0.2, 0.25) is 0 Å². The predicted octanol–water partition coefficient (Wildman–Crippen LogP) is 3.23. The Morgan fingerprint density at radius 1 is 1.32 bits per heavy atom. The smallest absolute Gasteiger partial charge is 0.251 e. The zero-order chi connectivity index (χ0) is 14.0. The van der Waals surface area contributed by atoms with E-state index in [2.05, 4.69) is 22.9 Å². The molecular formula is C15H17ClN2O. The number of rotatable bonds is 3. The number of aromatic nitrogens is 1. The summed E-state index contributed by atoms with van der Waals surface area (Å²) in [6, 6.07) is 9.04. The lowest BCUT2D eigenvalue weighted by Crippen LogP contribution is -2.22. The van der Waals surface area contributed by atoms with Gasteiger partial charge in [0.15, 0.2) is 0 Å². The number of amides is 1. The van der Waals surface area contributed by atoms with E-state index in [-0.39, 0.29) is 5.91 Å². The standard InChI is InChI=1S/C15H17ClN2O/c1-10-7-13(11(2)18(10)3)9-17-15(19)12-5-4-6-14(16)8-12/h4-8H,9H2,1-3H3,(H,17,19). The molecule has 0 spiro atoms. The van der Waals surface area contributed by atoms with Crippen LogP contribution in [0, 0.1) is 13.8 Å². The van der Waals surface area contributed by atoms with Crippen LogP contribution in [0.3, 0.4) is 0 Å². The molecule has 1 amide bonds. The fraction of sp³-hybridized carbons (Fsp3) is 0.267. The number of hydrogen-bond acceptors (Lipinski definition) is 1. The molecule has 1 aromatic heterocycles. The molecule has 1 aromatic carbocycles. The number of aryl methyl sites for hydroxylation is 1. The molecule has 1 heterocycles. The van der Waals surface area contributed by atoms with Crippen LogP contribution in [0.1, 0.15) is 27.3 Å². The maximum atomic E-state index is 12.0. The van der Waals surface area contributed by atoms with Gasteiger partial charge in [0.1, 0.15) is 0 Å². The number of nitrogens with zero attached hydrogens (tertiary/aromatic N) is 1. The molecule has 0 unspecified atom stereocenters. The summed E-state index contributed by atoms with van der Waals surface area (Å²) in [7, 11) is 2.02. The average molecular weight is 277 g/mol. The number of benzene rings is 1. The molecule has 0 saturated carbocycles. The summed E-state index contributed by atoms with van der Waals surface area (Å²) in [4.78, 5) is 12.0. The Morgan fingerprint density at radius 2 is 2.05 bits per heavy atom. The zero-order valence-corrected chi connectivity index (χ0v) is 12.1. The van der Waals surface area contributed by atoms with Crippen LogP contribution in [-0.4, -0.2) is 10.5 Å². The van der Waals surface area contributed by atoms with Crippen LogP contribution >= 0.6 is 11.6 Å². The van der Waals surface area contributed by atoms with E-state index in [9.17, 15) is 4.79 Å². The maximum Gasteiger partial charge on any atom is 0.251 e. The number of carbonyl (C=O) groups is 1. The van der Waals surface area contributed by atoms with Gasteiger partial charge in [0.05, 0.1) is 0 Å². The first-order valence-electron chi connectivity index (χ1n) is 6.14. The van der Waals surface area contributed by atoms with E-state index in [0.29, 0.717) is 17.1 Å². The van der Waals surface area contributed by atoms with Gasteiger partial charge in [-0.25, -0.2) is 0 Å². The summed E-state index contributed by atoms with van der Waals surface area (Å²) in [5.41, 5.74) is 4.07. The number of halogens is 1. The highest BCUT2D eigenvalue weighted by Crippen LogP contribution is 2.14. The normalized spacial score (nSPS) is 10.5. The lowest BCUT2D eigenvalue weighted by atomic mass is 10.2. The van der Waals surface area contributed by atoms with Crippen LogP contribution in [0.25, 0.3) is 0 Å². The molecule has 19 heavy (non-hydrogen) atoms. The van der Waals surface area contributed by atoms with Crippen molar-refractivity contribution in [3.8, 4) is 0 Å². The lowest BCUT2D eigenvalue weighted by molar-refractivity contribution is 0.0951. The molecule has 0 atom stereocenters. The van der Waals surface area contributed by atoms with Crippen molar-refractivity contribution in [1.29, 1.82) is 0 Å². The molecule has 0 aliphatic rings. The summed E-state index contributed by atoms with van der Waals surface area (Å²) < 4.78 is 2.11. The Balaban J connectivity index is 2.06. The van der Waals surface area contributed by atoms with Crippen molar-refractivity contribution in [2.45, 2.75) is 20.4 Å². The predicted molar refractivity (Wildman–Crippen MR) is 77.5 cm³/mol. The van der Waals surface area contributed by atoms with E-state index in [1.807, 2.05) is 14.0 Å². The van der Waals surface area contributed by atoms with Gasteiger partial charge in [-0.15, -0.1) is 0 Å². The summed E-state index contributed by atoms with van der Waals surface area (Å²) in [5, 5.41) is 3.48. The van der Waals surface area contributed by atoms with Crippen molar-refractivity contribution in [1.82, 2.24) is 9.88 Å². The number of nitrogens with one attached hydrogen (secondary N) is 1. The molecule has 2 aromatic rings. The largest absolute Gasteiger partial charge is 0.352 e. The quantitative estimate of drug-likeness (QED) is 0.918. The molecule has 2 rings (SSSR count). The van der Waals surface area contributed by atoms with Crippen molar-refractivity contribution in [3.05, 3.63) is 57.9 Å². The third-order valence-electron chi connectivity index (χ3n) is 3.41. The van der Waals surface area contributed by atoms with Gasteiger partial charge >= 0.3 is 0 Å². The number of hydrogen-bond donors (Lipinski definition) is 1. The van der Waals surface area contributed by atoms with Gasteiger partial charge in [0.25, 0.3) is 5.91 Å². The van der Waals surface area contributed by atoms with Gasteiger partial charge in [-0.1, -0.05) is 17.7 Å². The van der Waals surface area contributed by atoms with E-state index in [4.69, 9.17) is 11.6 Å². The summed E-state index contributed by atoms with van der Waals surface area (Å²) >= 11 is 5.87. The van der Waals surface area contributed by atoms with Crippen molar-refractivity contribution in [2.75, 3.05) is 0 Å². The Hall–Kier alpha value is -1.74. The molecule has 0 bridgehead atoms. The molecule has 0 radical (unpaired) electrons. The van der Waals surface area contributed by atoms with Crippen molar-refractivity contribution < 1.29 is 4.79 Å².